The molecule has 0 aromatic heterocycles. The van der Waals surface area contributed by atoms with Crippen LogP contribution in [0.1, 0.15) is 23.6 Å². The van der Waals surface area contributed by atoms with Gasteiger partial charge in [0.05, 0.1) is 6.42 Å². The fraction of sp³-hybridized carbons (Fsp3) is 0.500. The van der Waals surface area contributed by atoms with Crippen molar-refractivity contribution >= 4 is 18.3 Å². The molecule has 0 saturated carbocycles. The van der Waals surface area contributed by atoms with E-state index in [0.29, 0.717) is 25.4 Å². The number of rotatable bonds is 5. The molecule has 0 aliphatic heterocycles. The van der Waals surface area contributed by atoms with Crippen molar-refractivity contribution in [2.24, 2.45) is 11.7 Å². The molecule has 102 valence electrons. The van der Waals surface area contributed by atoms with Gasteiger partial charge in [0.1, 0.15) is 0 Å². The Bertz CT molecular complexity index is 393. The monoisotopic (exact) mass is 270 g/mol. The Labute approximate surface area is 116 Å². The van der Waals surface area contributed by atoms with E-state index < -0.39 is 0 Å². The van der Waals surface area contributed by atoms with Gasteiger partial charge in [-0.05, 0) is 37.4 Å². The lowest BCUT2D eigenvalue weighted by atomic mass is 10.0. The maximum absolute atomic E-state index is 11.7. The van der Waals surface area contributed by atoms with Gasteiger partial charge in [0.2, 0.25) is 5.91 Å². The molecule has 3 nitrogen and oxygen atoms in total. The zero-order chi connectivity index (χ0) is 12.8. The Hall–Kier alpha value is -1.06. The Kier molecular flexibility index (Phi) is 7.64. The quantitative estimate of drug-likeness (QED) is 0.860. The SMILES string of the molecule is Cc1ccc(C)c(CC(=O)NCC(C)CN)c1.Cl. The molecule has 0 bridgehead atoms. The highest BCUT2D eigenvalue weighted by atomic mass is 35.5. The van der Waals surface area contributed by atoms with Crippen LogP contribution in [0.2, 0.25) is 0 Å². The second-order valence-corrected chi connectivity index (χ2v) is 4.75. The van der Waals surface area contributed by atoms with Gasteiger partial charge >= 0.3 is 0 Å². The second-order valence-electron chi connectivity index (χ2n) is 4.75. The zero-order valence-electron chi connectivity index (χ0n) is 11.3. The summed E-state index contributed by atoms with van der Waals surface area (Å²) < 4.78 is 0. The summed E-state index contributed by atoms with van der Waals surface area (Å²) in [7, 11) is 0. The summed E-state index contributed by atoms with van der Waals surface area (Å²) in [5.41, 5.74) is 8.96. The van der Waals surface area contributed by atoms with Crippen molar-refractivity contribution in [1.29, 1.82) is 0 Å². The van der Waals surface area contributed by atoms with Crippen molar-refractivity contribution in [2.45, 2.75) is 27.2 Å². The summed E-state index contributed by atoms with van der Waals surface area (Å²) in [5, 5.41) is 2.91. The minimum atomic E-state index is 0. The highest BCUT2D eigenvalue weighted by molar-refractivity contribution is 5.85. The van der Waals surface area contributed by atoms with Crippen molar-refractivity contribution < 1.29 is 4.79 Å². The topological polar surface area (TPSA) is 55.1 Å². The third-order valence-corrected chi connectivity index (χ3v) is 2.91. The third kappa shape index (κ3) is 5.52. The van der Waals surface area contributed by atoms with Crippen LogP contribution in [0, 0.1) is 19.8 Å². The number of nitrogens with two attached hydrogens (primary N) is 1. The lowest BCUT2D eigenvalue weighted by molar-refractivity contribution is -0.120. The fourth-order valence-electron chi connectivity index (χ4n) is 1.60. The van der Waals surface area contributed by atoms with E-state index in [2.05, 4.69) is 23.5 Å². The van der Waals surface area contributed by atoms with Gasteiger partial charge in [0.15, 0.2) is 0 Å². The van der Waals surface area contributed by atoms with Gasteiger partial charge in [-0.1, -0.05) is 30.7 Å². The summed E-state index contributed by atoms with van der Waals surface area (Å²) >= 11 is 0. The van der Waals surface area contributed by atoms with E-state index in [4.69, 9.17) is 5.73 Å². The van der Waals surface area contributed by atoms with Crippen molar-refractivity contribution in [3.63, 3.8) is 0 Å². The van der Waals surface area contributed by atoms with Crippen molar-refractivity contribution in [1.82, 2.24) is 5.32 Å². The van der Waals surface area contributed by atoms with Crippen LogP contribution in [0.25, 0.3) is 0 Å². The van der Waals surface area contributed by atoms with Gasteiger partial charge in [0, 0.05) is 6.54 Å². The summed E-state index contributed by atoms with van der Waals surface area (Å²) in [5.74, 6) is 0.400. The molecule has 0 spiro atoms. The van der Waals surface area contributed by atoms with Gasteiger partial charge in [0.25, 0.3) is 0 Å². The predicted octanol–water partition coefficient (Wildman–Crippen LogP) is 1.98. The molecule has 4 heteroatoms. The van der Waals surface area contributed by atoms with Crippen LogP contribution in [-0.2, 0) is 11.2 Å². The van der Waals surface area contributed by atoms with E-state index in [1.165, 1.54) is 5.56 Å². The van der Waals surface area contributed by atoms with Gasteiger partial charge in [-0.25, -0.2) is 0 Å². The molecule has 0 saturated heterocycles. The van der Waals surface area contributed by atoms with Crippen LogP contribution in [0.15, 0.2) is 18.2 Å². The van der Waals surface area contributed by atoms with Gasteiger partial charge in [-0.15, -0.1) is 12.4 Å². The molecule has 1 unspecified atom stereocenters. The molecular formula is C14H23ClN2O. The number of aryl methyl sites for hydroxylation is 2. The molecule has 1 atom stereocenters. The van der Waals surface area contributed by atoms with E-state index >= 15 is 0 Å². The largest absolute Gasteiger partial charge is 0.355 e. The van der Waals surface area contributed by atoms with Gasteiger partial charge < -0.3 is 11.1 Å². The third-order valence-electron chi connectivity index (χ3n) is 2.91. The van der Waals surface area contributed by atoms with Crippen LogP contribution in [0.3, 0.4) is 0 Å². The first-order valence-corrected chi connectivity index (χ1v) is 6.05. The summed E-state index contributed by atoms with van der Waals surface area (Å²) in [6.07, 6.45) is 0.449. The molecule has 1 aromatic rings. The summed E-state index contributed by atoms with van der Waals surface area (Å²) in [6.45, 7) is 7.35. The highest BCUT2D eigenvalue weighted by Gasteiger charge is 2.07. The minimum absolute atomic E-state index is 0. The van der Waals surface area contributed by atoms with E-state index in [1.54, 1.807) is 0 Å². The number of carbonyl (C=O) groups is 1. The standard InChI is InChI=1S/C14H22N2O.ClH/c1-10-4-5-12(3)13(6-10)7-14(17)16-9-11(2)8-15;/h4-6,11H,7-9,15H2,1-3H3,(H,16,17);1H. The first kappa shape index (κ1) is 16.9. The Morgan fingerprint density at radius 3 is 2.67 bits per heavy atom. The van der Waals surface area contributed by atoms with Crippen molar-refractivity contribution in [3.8, 4) is 0 Å². The number of carbonyl (C=O) groups excluding carboxylic acids is 1. The Balaban J connectivity index is 0.00000289. The number of hydrogen-bond donors (Lipinski definition) is 2. The molecule has 1 aromatic carbocycles. The molecule has 0 aliphatic carbocycles. The number of hydrogen-bond acceptors (Lipinski definition) is 2. The molecule has 0 heterocycles. The average molecular weight is 271 g/mol. The summed E-state index contributed by atoms with van der Waals surface area (Å²) in [4.78, 5) is 11.7. The average Bonchev–Trinajstić information content (AvgIpc) is 2.30. The van der Waals surface area contributed by atoms with Crippen molar-refractivity contribution in [2.75, 3.05) is 13.1 Å². The molecular weight excluding hydrogens is 248 g/mol. The first-order valence-electron chi connectivity index (χ1n) is 6.05. The lowest BCUT2D eigenvalue weighted by Crippen LogP contribution is -2.32. The Morgan fingerprint density at radius 1 is 1.39 bits per heavy atom. The maximum Gasteiger partial charge on any atom is 0.224 e. The minimum Gasteiger partial charge on any atom is -0.355 e. The smallest absolute Gasteiger partial charge is 0.224 e. The van der Waals surface area contributed by atoms with E-state index in [9.17, 15) is 4.79 Å². The van der Waals surface area contributed by atoms with Gasteiger partial charge in [-0.2, -0.15) is 0 Å². The van der Waals surface area contributed by atoms with Gasteiger partial charge in [-0.3, -0.25) is 4.79 Å². The number of halogens is 1. The Morgan fingerprint density at radius 2 is 2.06 bits per heavy atom. The molecule has 0 radical (unpaired) electrons. The molecule has 0 fully saturated rings. The van der Waals surface area contributed by atoms with Crippen molar-refractivity contribution in [3.05, 3.63) is 34.9 Å². The van der Waals surface area contributed by atoms with Crippen LogP contribution < -0.4 is 11.1 Å². The van der Waals surface area contributed by atoms with Crippen LogP contribution in [-0.4, -0.2) is 19.0 Å². The lowest BCUT2D eigenvalue weighted by Gasteiger charge is -2.11. The van der Waals surface area contributed by atoms with Crippen LogP contribution in [0.4, 0.5) is 0 Å². The molecule has 3 N–H and O–H groups in total. The normalized spacial score (nSPS) is 11.6. The molecule has 18 heavy (non-hydrogen) atoms. The van der Waals surface area contributed by atoms with E-state index in [0.717, 1.165) is 11.1 Å². The second kappa shape index (κ2) is 8.11. The first-order chi connectivity index (χ1) is 8.02. The highest BCUT2D eigenvalue weighted by Crippen LogP contribution is 2.11. The summed E-state index contributed by atoms with van der Waals surface area (Å²) in [6, 6.07) is 6.19. The number of amides is 1. The zero-order valence-corrected chi connectivity index (χ0v) is 12.1. The van der Waals surface area contributed by atoms with E-state index in [1.807, 2.05) is 20.8 Å². The van der Waals surface area contributed by atoms with E-state index in [-0.39, 0.29) is 18.3 Å². The number of benzene rings is 1. The predicted molar refractivity (Wildman–Crippen MR) is 78.1 cm³/mol. The maximum atomic E-state index is 11.7. The van der Waals surface area contributed by atoms with Crippen LogP contribution in [0.5, 0.6) is 0 Å². The molecule has 1 amide bonds. The number of nitrogens with one attached hydrogen (secondary N) is 1. The fourth-order valence-corrected chi connectivity index (χ4v) is 1.60. The van der Waals surface area contributed by atoms with Crippen LogP contribution >= 0.6 is 12.4 Å². The molecule has 1 rings (SSSR count). The molecule has 0 aliphatic rings.